The molecule has 0 bridgehead atoms. The van der Waals surface area contributed by atoms with E-state index in [1.165, 1.54) is 10.9 Å². The molecule has 5 aromatic rings. The van der Waals surface area contributed by atoms with Crippen molar-refractivity contribution in [2.45, 2.75) is 12.8 Å². The number of aromatic amines is 1. The van der Waals surface area contributed by atoms with Crippen molar-refractivity contribution < 1.29 is 0 Å². The lowest BCUT2D eigenvalue weighted by molar-refractivity contribution is 0.947. The van der Waals surface area contributed by atoms with Gasteiger partial charge in [-0.2, -0.15) is 0 Å². The van der Waals surface area contributed by atoms with Crippen molar-refractivity contribution in [1.29, 1.82) is 0 Å². The molecule has 0 aliphatic carbocycles. The van der Waals surface area contributed by atoms with E-state index in [4.69, 9.17) is 4.98 Å². The number of H-pyrrole nitrogens is 1. The molecule has 5 nitrogen and oxygen atoms in total. The first-order valence-electron chi connectivity index (χ1n) is 9.92. The van der Waals surface area contributed by atoms with Crippen LogP contribution in [0.3, 0.4) is 0 Å². The maximum atomic E-state index is 11.3. The zero-order chi connectivity index (χ0) is 20.3. The highest BCUT2D eigenvalue weighted by Crippen LogP contribution is 2.28. The maximum absolute atomic E-state index is 11.3. The van der Waals surface area contributed by atoms with Gasteiger partial charge in [-0.3, -0.25) is 4.79 Å². The van der Waals surface area contributed by atoms with Gasteiger partial charge in [0.15, 0.2) is 0 Å². The zero-order valence-corrected chi connectivity index (χ0v) is 16.3. The molecule has 0 aliphatic rings. The number of hydrogen-bond acceptors (Lipinski definition) is 4. The van der Waals surface area contributed by atoms with Crippen molar-refractivity contribution in [3.05, 3.63) is 107 Å². The largest absolute Gasteiger partial charge is 0.329 e. The number of rotatable bonds is 5. The normalized spacial score (nSPS) is 11.1. The van der Waals surface area contributed by atoms with Crippen LogP contribution in [0, 0.1) is 0 Å². The number of fused-ring (bicyclic) bond motifs is 2. The number of benzene rings is 2. The van der Waals surface area contributed by atoms with E-state index in [9.17, 15) is 4.79 Å². The first-order valence-corrected chi connectivity index (χ1v) is 9.92. The van der Waals surface area contributed by atoms with E-state index in [1.54, 1.807) is 12.3 Å². The Morgan fingerprint density at radius 1 is 0.800 bits per heavy atom. The zero-order valence-electron chi connectivity index (χ0n) is 16.3. The van der Waals surface area contributed by atoms with Crippen LogP contribution in [0.4, 0.5) is 11.6 Å². The molecule has 146 valence electrons. The smallest absolute Gasteiger partial charge is 0.247 e. The lowest BCUT2D eigenvalue weighted by atomic mass is 10.0. The molecule has 0 aliphatic heterocycles. The molecule has 2 aromatic carbocycles. The molecule has 0 spiro atoms. The van der Waals surface area contributed by atoms with Gasteiger partial charge in [0, 0.05) is 35.4 Å². The molecule has 5 heteroatoms. The van der Waals surface area contributed by atoms with Gasteiger partial charge in [-0.1, -0.05) is 54.6 Å². The van der Waals surface area contributed by atoms with Crippen LogP contribution in [0.2, 0.25) is 0 Å². The van der Waals surface area contributed by atoms with Crippen LogP contribution in [-0.2, 0) is 12.8 Å². The van der Waals surface area contributed by atoms with Crippen LogP contribution in [-0.4, -0.2) is 15.0 Å². The fourth-order valence-corrected chi connectivity index (χ4v) is 3.70. The molecule has 0 radical (unpaired) electrons. The van der Waals surface area contributed by atoms with Gasteiger partial charge in [-0.05, 0) is 40.8 Å². The van der Waals surface area contributed by atoms with Crippen LogP contribution >= 0.6 is 0 Å². The minimum Gasteiger partial charge on any atom is -0.329 e. The summed E-state index contributed by atoms with van der Waals surface area (Å²) < 4.78 is 0. The number of anilines is 2. The molecule has 0 saturated carbocycles. The lowest BCUT2D eigenvalue weighted by Gasteiger charge is -2.12. The first kappa shape index (κ1) is 18.1. The highest BCUT2D eigenvalue weighted by Gasteiger charge is 2.09. The second kappa shape index (κ2) is 7.79. The Balaban J connectivity index is 1.45. The number of aryl methyl sites for hydroxylation is 2. The highest BCUT2D eigenvalue weighted by atomic mass is 16.1. The van der Waals surface area contributed by atoms with Crippen molar-refractivity contribution in [2.75, 3.05) is 5.32 Å². The minimum absolute atomic E-state index is 0.0800. The Bertz CT molecular complexity index is 1390. The Morgan fingerprint density at radius 3 is 2.43 bits per heavy atom. The average molecular weight is 392 g/mol. The molecule has 0 fully saturated rings. The van der Waals surface area contributed by atoms with E-state index >= 15 is 0 Å². The number of hydrogen-bond donors (Lipinski definition) is 2. The molecule has 0 amide bonds. The van der Waals surface area contributed by atoms with E-state index in [0.717, 1.165) is 46.2 Å². The molecule has 0 atom stereocenters. The summed E-state index contributed by atoms with van der Waals surface area (Å²) in [7, 11) is 0. The van der Waals surface area contributed by atoms with E-state index in [2.05, 4.69) is 39.6 Å². The fraction of sp³-hybridized carbons (Fsp3) is 0.0800. The fourth-order valence-electron chi connectivity index (χ4n) is 3.70. The van der Waals surface area contributed by atoms with E-state index in [1.807, 2.05) is 48.8 Å². The quantitative estimate of drug-likeness (QED) is 0.442. The molecular weight excluding hydrogens is 372 g/mol. The van der Waals surface area contributed by atoms with Gasteiger partial charge in [0.25, 0.3) is 0 Å². The second-order valence-electron chi connectivity index (χ2n) is 7.28. The third-order valence-electron chi connectivity index (χ3n) is 5.29. The summed E-state index contributed by atoms with van der Waals surface area (Å²) >= 11 is 0. The topological polar surface area (TPSA) is 70.7 Å². The van der Waals surface area contributed by atoms with E-state index in [-0.39, 0.29) is 5.56 Å². The van der Waals surface area contributed by atoms with Gasteiger partial charge in [-0.15, -0.1) is 0 Å². The molecule has 3 aromatic heterocycles. The van der Waals surface area contributed by atoms with Crippen LogP contribution < -0.4 is 10.9 Å². The summed E-state index contributed by atoms with van der Waals surface area (Å²) in [4.78, 5) is 23.2. The first-order chi connectivity index (χ1) is 14.8. The predicted molar refractivity (Wildman–Crippen MR) is 121 cm³/mol. The summed E-state index contributed by atoms with van der Waals surface area (Å²) in [5, 5.41) is 7.86. The minimum atomic E-state index is -0.0800. The predicted octanol–water partition coefficient (Wildman–Crippen LogP) is 5.00. The summed E-state index contributed by atoms with van der Waals surface area (Å²) in [6.45, 7) is 0. The maximum Gasteiger partial charge on any atom is 0.247 e. The lowest BCUT2D eigenvalue weighted by Crippen LogP contribution is -2.04. The van der Waals surface area contributed by atoms with Crippen LogP contribution in [0.5, 0.6) is 0 Å². The summed E-state index contributed by atoms with van der Waals surface area (Å²) in [5.74, 6) is 1.56. The molecular formula is C25H20N4O. The monoisotopic (exact) mass is 392 g/mol. The van der Waals surface area contributed by atoms with Crippen molar-refractivity contribution >= 4 is 33.2 Å². The van der Waals surface area contributed by atoms with Gasteiger partial charge >= 0.3 is 0 Å². The molecule has 2 N–H and O–H groups in total. The number of aromatic nitrogens is 3. The van der Waals surface area contributed by atoms with Gasteiger partial charge < -0.3 is 10.3 Å². The third-order valence-corrected chi connectivity index (χ3v) is 5.29. The number of nitrogens with one attached hydrogen (secondary N) is 2. The van der Waals surface area contributed by atoms with Crippen LogP contribution in [0.15, 0.2) is 90.1 Å². The SMILES string of the molecule is O=c1ccc(CCc2cnc(Nc3cc4ccccc4cn3)c3ccccc23)c[nH]1. The summed E-state index contributed by atoms with van der Waals surface area (Å²) in [6, 6.07) is 21.9. The molecule has 5 rings (SSSR count). The average Bonchev–Trinajstić information content (AvgIpc) is 2.79. The van der Waals surface area contributed by atoms with Crippen molar-refractivity contribution in [2.24, 2.45) is 0 Å². The Labute approximate surface area is 173 Å². The van der Waals surface area contributed by atoms with Crippen LogP contribution in [0.25, 0.3) is 21.5 Å². The Kier molecular flexibility index (Phi) is 4.69. The molecule has 0 saturated heterocycles. The van der Waals surface area contributed by atoms with Crippen molar-refractivity contribution in [3.8, 4) is 0 Å². The van der Waals surface area contributed by atoms with Crippen molar-refractivity contribution in [3.63, 3.8) is 0 Å². The van der Waals surface area contributed by atoms with E-state index < -0.39 is 0 Å². The molecule has 3 heterocycles. The molecule has 30 heavy (non-hydrogen) atoms. The number of nitrogens with zero attached hydrogens (tertiary/aromatic N) is 2. The highest BCUT2D eigenvalue weighted by molar-refractivity contribution is 5.95. The van der Waals surface area contributed by atoms with Crippen molar-refractivity contribution in [1.82, 2.24) is 15.0 Å². The van der Waals surface area contributed by atoms with Gasteiger partial charge in [0.1, 0.15) is 11.6 Å². The van der Waals surface area contributed by atoms with Crippen LogP contribution in [0.1, 0.15) is 11.1 Å². The summed E-state index contributed by atoms with van der Waals surface area (Å²) in [5.41, 5.74) is 2.19. The van der Waals surface area contributed by atoms with E-state index in [0.29, 0.717) is 0 Å². The van der Waals surface area contributed by atoms with Gasteiger partial charge in [-0.25, -0.2) is 9.97 Å². The molecule has 0 unspecified atom stereocenters. The Hall–Kier alpha value is -3.99. The van der Waals surface area contributed by atoms with Gasteiger partial charge in [0.05, 0.1) is 0 Å². The standard InChI is InChI=1S/C25H20N4O/c30-24-12-10-17(14-27-24)9-11-20-16-28-25(22-8-4-3-7-21(20)22)29-23-13-18-5-1-2-6-19(18)15-26-23/h1-8,10,12-16H,9,11H2,(H,27,30)(H,26,28,29). The van der Waals surface area contributed by atoms with Gasteiger partial charge in [0.2, 0.25) is 5.56 Å². The second-order valence-corrected chi connectivity index (χ2v) is 7.28. The third kappa shape index (κ3) is 3.65. The number of pyridine rings is 3. The Morgan fingerprint density at radius 2 is 1.60 bits per heavy atom. The summed E-state index contributed by atoms with van der Waals surface area (Å²) in [6.07, 6.45) is 7.25.